The molecule has 0 aliphatic rings. The van der Waals surface area contributed by atoms with Gasteiger partial charge in [0.05, 0.1) is 23.1 Å². The van der Waals surface area contributed by atoms with Crippen molar-refractivity contribution in [2.75, 3.05) is 6.61 Å². The highest BCUT2D eigenvalue weighted by Crippen LogP contribution is 2.30. The van der Waals surface area contributed by atoms with E-state index in [0.717, 1.165) is 6.07 Å². The van der Waals surface area contributed by atoms with Crippen molar-refractivity contribution in [1.29, 1.82) is 0 Å². The number of alkyl halides is 3. The van der Waals surface area contributed by atoms with Crippen LogP contribution in [0.1, 0.15) is 18.4 Å². The second-order valence-corrected chi connectivity index (χ2v) is 6.71. The number of benzene rings is 1. The molecular weight excluding hydrogens is 411 g/mol. The first kappa shape index (κ1) is 21.8. The van der Waals surface area contributed by atoms with Gasteiger partial charge in [0.15, 0.2) is 17.5 Å². The number of pyridine rings is 1. The Hall–Kier alpha value is -2.92. The van der Waals surface area contributed by atoms with Crippen LogP contribution < -0.4 is 11.3 Å². The van der Waals surface area contributed by atoms with E-state index >= 15 is 0 Å². The molecule has 0 spiro atoms. The lowest BCUT2D eigenvalue weighted by molar-refractivity contribution is -0.138. The fourth-order valence-electron chi connectivity index (χ4n) is 2.94. The fraction of sp³-hybridized carbons (Fsp3) is 0.316. The molecule has 3 N–H and O–H groups in total. The second-order valence-electron chi connectivity index (χ2n) is 6.71. The predicted octanol–water partition coefficient (Wildman–Crippen LogP) is 2.86. The molecule has 2 aromatic heterocycles. The standard InChI is InChI=1S/C19H17F5N4O2/c20-15-13(17-26-7-11(8-27-17)19(22,23)24)6-10-3-5-28(4-1-2-12(25)9-29)18(30)14(10)16(15)21/h3,5-8,12,29H,1-2,4,9,25H2. The molecule has 0 saturated heterocycles. The number of aliphatic hydroxyl groups excluding tert-OH is 1. The molecule has 3 aromatic rings. The van der Waals surface area contributed by atoms with Crippen LogP contribution in [0.15, 0.2) is 35.5 Å². The van der Waals surface area contributed by atoms with E-state index in [0.29, 0.717) is 25.2 Å². The minimum absolute atomic E-state index is 0.0562. The molecule has 6 nitrogen and oxygen atoms in total. The summed E-state index contributed by atoms with van der Waals surface area (Å²) in [5.41, 5.74) is 3.24. The molecular formula is C19H17F5N4O2. The lowest BCUT2D eigenvalue weighted by atomic mass is 10.1. The van der Waals surface area contributed by atoms with E-state index in [1.165, 1.54) is 16.8 Å². The van der Waals surface area contributed by atoms with Crippen molar-refractivity contribution in [3.63, 3.8) is 0 Å². The molecule has 0 saturated carbocycles. The number of aromatic nitrogens is 3. The molecule has 0 fully saturated rings. The number of aryl methyl sites for hydroxylation is 1. The van der Waals surface area contributed by atoms with E-state index in [2.05, 4.69) is 9.97 Å². The lowest BCUT2D eigenvalue weighted by Crippen LogP contribution is -2.26. The zero-order chi connectivity index (χ0) is 22.1. The van der Waals surface area contributed by atoms with E-state index in [4.69, 9.17) is 10.8 Å². The Kier molecular flexibility index (Phi) is 6.13. The van der Waals surface area contributed by atoms with Crippen molar-refractivity contribution in [1.82, 2.24) is 14.5 Å². The summed E-state index contributed by atoms with van der Waals surface area (Å²) in [6.07, 6.45) is -1.46. The van der Waals surface area contributed by atoms with Crippen molar-refractivity contribution in [2.45, 2.75) is 31.6 Å². The van der Waals surface area contributed by atoms with Gasteiger partial charge in [0.25, 0.3) is 5.56 Å². The number of aliphatic hydroxyl groups is 1. The third-order valence-electron chi connectivity index (χ3n) is 4.57. The summed E-state index contributed by atoms with van der Waals surface area (Å²) in [7, 11) is 0. The van der Waals surface area contributed by atoms with Gasteiger partial charge in [-0.05, 0) is 30.4 Å². The van der Waals surface area contributed by atoms with Gasteiger partial charge >= 0.3 is 6.18 Å². The van der Waals surface area contributed by atoms with Crippen LogP contribution in [0.4, 0.5) is 22.0 Å². The first-order chi connectivity index (χ1) is 14.1. The summed E-state index contributed by atoms with van der Waals surface area (Å²) in [5, 5.41) is 8.49. The van der Waals surface area contributed by atoms with E-state index in [1.54, 1.807) is 0 Å². The maximum absolute atomic E-state index is 14.7. The molecule has 0 radical (unpaired) electrons. The highest BCUT2D eigenvalue weighted by atomic mass is 19.4. The lowest BCUT2D eigenvalue weighted by Gasteiger charge is -2.12. The zero-order valence-corrected chi connectivity index (χ0v) is 15.5. The van der Waals surface area contributed by atoms with Crippen LogP contribution in [0.3, 0.4) is 0 Å². The minimum atomic E-state index is -4.67. The van der Waals surface area contributed by atoms with Crippen LogP contribution in [-0.4, -0.2) is 32.3 Å². The SMILES string of the molecule is NC(CO)CCCn1ccc2cc(-c3ncc(C(F)(F)F)cn3)c(F)c(F)c2c1=O. The van der Waals surface area contributed by atoms with Crippen molar-refractivity contribution >= 4 is 10.8 Å². The molecule has 160 valence electrons. The van der Waals surface area contributed by atoms with E-state index in [9.17, 15) is 26.7 Å². The number of hydrogen-bond acceptors (Lipinski definition) is 5. The fourth-order valence-corrected chi connectivity index (χ4v) is 2.94. The Morgan fingerprint density at radius 2 is 1.83 bits per heavy atom. The average molecular weight is 428 g/mol. The highest BCUT2D eigenvalue weighted by Gasteiger charge is 2.31. The first-order valence-corrected chi connectivity index (χ1v) is 8.90. The van der Waals surface area contributed by atoms with Gasteiger partial charge < -0.3 is 15.4 Å². The molecule has 0 aliphatic carbocycles. The Morgan fingerprint density at radius 3 is 2.43 bits per heavy atom. The van der Waals surface area contributed by atoms with Gasteiger partial charge in [-0.1, -0.05) is 0 Å². The average Bonchev–Trinajstić information content (AvgIpc) is 2.71. The van der Waals surface area contributed by atoms with E-state index in [-0.39, 0.29) is 18.5 Å². The van der Waals surface area contributed by atoms with E-state index < -0.39 is 51.7 Å². The summed E-state index contributed by atoms with van der Waals surface area (Å²) in [6.45, 7) is -0.0193. The normalized spacial score (nSPS) is 13.0. The molecule has 1 unspecified atom stereocenters. The molecule has 0 bridgehead atoms. The largest absolute Gasteiger partial charge is 0.419 e. The molecule has 2 heterocycles. The van der Waals surface area contributed by atoms with Gasteiger partial charge in [0.2, 0.25) is 0 Å². The molecule has 1 aromatic carbocycles. The minimum Gasteiger partial charge on any atom is -0.395 e. The highest BCUT2D eigenvalue weighted by molar-refractivity contribution is 5.86. The predicted molar refractivity (Wildman–Crippen MR) is 98.4 cm³/mol. The molecule has 0 aliphatic heterocycles. The van der Waals surface area contributed by atoms with Crippen molar-refractivity contribution in [3.05, 3.63) is 58.3 Å². The number of hydrogen-bond donors (Lipinski definition) is 2. The van der Waals surface area contributed by atoms with Crippen LogP contribution in [0.2, 0.25) is 0 Å². The van der Waals surface area contributed by atoms with Crippen LogP contribution >= 0.6 is 0 Å². The van der Waals surface area contributed by atoms with Crippen LogP contribution in [0.5, 0.6) is 0 Å². The maximum Gasteiger partial charge on any atom is 0.419 e. The third kappa shape index (κ3) is 4.31. The molecule has 30 heavy (non-hydrogen) atoms. The third-order valence-corrected chi connectivity index (χ3v) is 4.57. The summed E-state index contributed by atoms with van der Waals surface area (Å²) in [5.74, 6) is -3.31. The number of rotatable bonds is 6. The maximum atomic E-state index is 14.7. The van der Waals surface area contributed by atoms with Gasteiger partial charge in [-0.3, -0.25) is 4.79 Å². The monoisotopic (exact) mass is 428 g/mol. The van der Waals surface area contributed by atoms with Gasteiger partial charge in [0.1, 0.15) is 0 Å². The van der Waals surface area contributed by atoms with E-state index in [1.807, 2.05) is 0 Å². The molecule has 11 heteroatoms. The summed E-state index contributed by atoms with van der Waals surface area (Å²) in [6, 6.07) is 2.06. The summed E-state index contributed by atoms with van der Waals surface area (Å²) < 4.78 is 68.4. The second kappa shape index (κ2) is 8.44. The van der Waals surface area contributed by atoms with Gasteiger partial charge in [0, 0.05) is 31.2 Å². The topological polar surface area (TPSA) is 94.0 Å². The Bertz CT molecular complexity index is 1110. The first-order valence-electron chi connectivity index (χ1n) is 8.90. The zero-order valence-electron chi connectivity index (χ0n) is 15.5. The number of halogens is 5. The quantitative estimate of drug-likeness (QED) is 0.589. The smallest absolute Gasteiger partial charge is 0.395 e. The van der Waals surface area contributed by atoms with Crippen LogP contribution in [0.25, 0.3) is 22.2 Å². The Labute approximate surface area is 166 Å². The van der Waals surface area contributed by atoms with Crippen molar-refractivity contribution < 1.29 is 27.1 Å². The van der Waals surface area contributed by atoms with Crippen molar-refractivity contribution in [3.8, 4) is 11.4 Å². The molecule has 0 amide bonds. The Balaban J connectivity index is 1.99. The molecule has 3 rings (SSSR count). The van der Waals surface area contributed by atoms with Gasteiger partial charge in [-0.25, -0.2) is 18.7 Å². The van der Waals surface area contributed by atoms with Gasteiger partial charge in [-0.15, -0.1) is 0 Å². The van der Waals surface area contributed by atoms with Crippen LogP contribution in [0, 0.1) is 11.6 Å². The van der Waals surface area contributed by atoms with Crippen molar-refractivity contribution in [2.24, 2.45) is 5.73 Å². The number of fused-ring (bicyclic) bond motifs is 1. The number of nitrogens with two attached hydrogens (primary N) is 1. The van der Waals surface area contributed by atoms with Gasteiger partial charge in [-0.2, -0.15) is 13.2 Å². The summed E-state index contributed by atoms with van der Waals surface area (Å²) in [4.78, 5) is 19.5. The number of nitrogens with zero attached hydrogens (tertiary/aromatic N) is 3. The van der Waals surface area contributed by atoms with Crippen LogP contribution in [-0.2, 0) is 12.7 Å². The Morgan fingerprint density at radius 1 is 1.17 bits per heavy atom. The summed E-state index contributed by atoms with van der Waals surface area (Å²) >= 11 is 0. The molecule has 1 atom stereocenters.